The molecule has 2 heterocycles. The number of rotatable bonds is 9. The zero-order valence-electron chi connectivity index (χ0n) is 21.4. The molecule has 4 atom stereocenters. The van der Waals surface area contributed by atoms with Gasteiger partial charge in [-0.15, -0.1) is 5.10 Å². The molecule has 3 rings (SSSR count). The molecule has 0 unspecified atom stereocenters. The van der Waals surface area contributed by atoms with Crippen molar-refractivity contribution in [3.63, 3.8) is 0 Å². The highest BCUT2D eigenvalue weighted by Gasteiger charge is 2.51. The van der Waals surface area contributed by atoms with Crippen molar-refractivity contribution >= 4 is 23.9 Å². The molecule has 0 amide bonds. The van der Waals surface area contributed by atoms with Gasteiger partial charge in [-0.25, -0.2) is 14.5 Å². The molecule has 1 fully saturated rings. The molecule has 212 valence electrons. The van der Waals surface area contributed by atoms with Crippen molar-refractivity contribution in [3.05, 3.63) is 47.0 Å². The Morgan fingerprint density at radius 1 is 0.949 bits per heavy atom. The van der Waals surface area contributed by atoms with Gasteiger partial charge in [0, 0.05) is 27.2 Å². The smallest absolute Gasteiger partial charge is 0.416 e. The molecule has 39 heavy (non-hydrogen) atoms. The molecule has 0 saturated carbocycles. The first-order valence-electron chi connectivity index (χ1n) is 11.6. The first-order chi connectivity index (χ1) is 18.3. The minimum absolute atomic E-state index is 0.0643. The van der Waals surface area contributed by atoms with Gasteiger partial charge in [0.15, 0.2) is 18.4 Å². The number of carbonyl (C=O) groups is 4. The van der Waals surface area contributed by atoms with Crippen LogP contribution in [-0.2, 0) is 57.1 Å². The fourth-order valence-corrected chi connectivity index (χ4v) is 3.91. The normalized spacial score (nSPS) is 20.8. The summed E-state index contributed by atoms with van der Waals surface area (Å²) in [6, 6.07) is 4.51. The Kier molecular flexibility index (Phi) is 9.27. The third-order valence-corrected chi connectivity index (χ3v) is 5.57. The van der Waals surface area contributed by atoms with Crippen LogP contribution < -0.4 is 0 Å². The summed E-state index contributed by atoms with van der Waals surface area (Å²) in [5.41, 5.74) is -0.270. The second kappa shape index (κ2) is 12.2. The molecule has 1 saturated heterocycles. The predicted octanol–water partition coefficient (Wildman–Crippen LogP) is 2.19. The number of nitrogens with zero attached hydrogens (tertiary/aromatic N) is 3. The van der Waals surface area contributed by atoms with E-state index in [0.29, 0.717) is 5.56 Å². The van der Waals surface area contributed by atoms with Crippen molar-refractivity contribution < 1.29 is 56.0 Å². The van der Waals surface area contributed by atoms with E-state index >= 15 is 0 Å². The van der Waals surface area contributed by atoms with Crippen LogP contribution in [0.4, 0.5) is 13.2 Å². The minimum Gasteiger partial charge on any atom is -0.463 e. The van der Waals surface area contributed by atoms with Crippen molar-refractivity contribution in [2.45, 2.75) is 64.3 Å². The van der Waals surface area contributed by atoms with E-state index in [1.165, 1.54) is 12.1 Å². The number of carbonyl (C=O) groups excluding carboxylic acids is 4. The Bertz CT molecular complexity index is 1210. The van der Waals surface area contributed by atoms with Crippen LogP contribution in [0.5, 0.6) is 0 Å². The lowest BCUT2D eigenvalue weighted by molar-refractivity contribution is -0.166. The van der Waals surface area contributed by atoms with E-state index in [1.807, 2.05) is 0 Å². The van der Waals surface area contributed by atoms with Crippen LogP contribution in [0.15, 0.2) is 24.3 Å². The van der Waals surface area contributed by atoms with E-state index in [-0.39, 0.29) is 31.1 Å². The number of aryl methyl sites for hydroxylation is 2. The van der Waals surface area contributed by atoms with Crippen LogP contribution in [0.1, 0.15) is 54.6 Å². The maximum Gasteiger partial charge on any atom is 0.416 e. The number of hydrogen-bond donors (Lipinski definition) is 0. The van der Waals surface area contributed by atoms with E-state index in [4.69, 9.17) is 18.9 Å². The molecule has 0 aliphatic carbocycles. The Hall–Kier alpha value is -4.01. The van der Waals surface area contributed by atoms with E-state index in [2.05, 4.69) is 14.8 Å². The Morgan fingerprint density at radius 3 is 2.10 bits per heavy atom. The second-order valence-corrected chi connectivity index (χ2v) is 8.50. The number of ether oxygens (including phenoxy) is 5. The summed E-state index contributed by atoms with van der Waals surface area (Å²) >= 11 is 0. The number of esters is 4. The summed E-state index contributed by atoms with van der Waals surface area (Å²) in [4.78, 5) is 51.5. The van der Waals surface area contributed by atoms with Crippen LogP contribution in [0.25, 0.3) is 0 Å². The highest BCUT2D eigenvalue weighted by molar-refractivity contribution is 5.84. The van der Waals surface area contributed by atoms with Crippen molar-refractivity contribution in [1.82, 2.24) is 14.8 Å². The van der Waals surface area contributed by atoms with Gasteiger partial charge in [0.25, 0.3) is 5.82 Å². The third-order valence-electron chi connectivity index (χ3n) is 5.57. The first kappa shape index (κ1) is 29.5. The fourth-order valence-electron chi connectivity index (χ4n) is 3.91. The average molecular weight is 557 g/mol. The Balaban J connectivity index is 1.97. The monoisotopic (exact) mass is 557 g/mol. The van der Waals surface area contributed by atoms with E-state index in [0.717, 1.165) is 44.7 Å². The van der Waals surface area contributed by atoms with Gasteiger partial charge in [-0.05, 0) is 24.1 Å². The maximum absolute atomic E-state index is 12.9. The van der Waals surface area contributed by atoms with Gasteiger partial charge in [0.1, 0.15) is 18.5 Å². The highest BCUT2D eigenvalue weighted by atomic mass is 19.4. The standard InChI is InChI=1S/C24H26F3N3O9/c1-12(31)36-11-17-19(37-13(2)32)20(38-14(3)33)22(39-17)30-18(28-21(29-30)23(34)35-4)10-7-15-5-8-16(9-6-15)24(25,26)27/h5-6,8-9,17,19-20,22H,7,10-11H2,1-4H3/t17-,19-,20-,22-/m1/s1. The van der Waals surface area contributed by atoms with Crippen LogP contribution in [0.2, 0.25) is 0 Å². The number of aromatic nitrogens is 3. The van der Waals surface area contributed by atoms with Gasteiger partial charge < -0.3 is 23.7 Å². The van der Waals surface area contributed by atoms with Crippen molar-refractivity contribution in [3.8, 4) is 0 Å². The van der Waals surface area contributed by atoms with Crippen LogP contribution in [-0.4, -0.2) is 70.7 Å². The van der Waals surface area contributed by atoms with Crippen LogP contribution in [0.3, 0.4) is 0 Å². The van der Waals surface area contributed by atoms with Gasteiger partial charge in [0.05, 0.1) is 12.7 Å². The summed E-state index contributed by atoms with van der Waals surface area (Å²) < 4.78 is 66.2. The maximum atomic E-state index is 12.9. The molecule has 1 aliphatic heterocycles. The largest absolute Gasteiger partial charge is 0.463 e. The van der Waals surface area contributed by atoms with Crippen LogP contribution in [0, 0.1) is 0 Å². The third kappa shape index (κ3) is 7.52. The van der Waals surface area contributed by atoms with Gasteiger partial charge >= 0.3 is 30.1 Å². The zero-order valence-corrected chi connectivity index (χ0v) is 21.4. The summed E-state index contributed by atoms with van der Waals surface area (Å²) in [6.45, 7) is 3.05. The van der Waals surface area contributed by atoms with Crippen molar-refractivity contribution in [2.75, 3.05) is 13.7 Å². The number of benzene rings is 1. The molecule has 1 aliphatic rings. The molecular formula is C24H26F3N3O9. The number of halogens is 3. The summed E-state index contributed by atoms with van der Waals surface area (Å²) in [5, 5.41) is 4.14. The van der Waals surface area contributed by atoms with Gasteiger partial charge in [0.2, 0.25) is 0 Å². The van der Waals surface area contributed by atoms with E-state index < -0.39 is 60.2 Å². The molecule has 0 spiro atoms. The van der Waals surface area contributed by atoms with Gasteiger partial charge in [-0.2, -0.15) is 13.2 Å². The van der Waals surface area contributed by atoms with Crippen molar-refractivity contribution in [2.24, 2.45) is 0 Å². The topological polar surface area (TPSA) is 145 Å². The summed E-state index contributed by atoms with van der Waals surface area (Å²) in [5.74, 6) is -3.24. The van der Waals surface area contributed by atoms with Crippen LogP contribution >= 0.6 is 0 Å². The molecule has 12 nitrogen and oxygen atoms in total. The SMILES string of the molecule is COC(=O)c1nc(CCc2ccc(C(F)(F)F)cc2)n([C@@H]2O[C@H](COC(C)=O)[C@@H](OC(C)=O)[C@H]2OC(C)=O)n1. The number of methoxy groups -OCH3 is 1. The lowest BCUT2D eigenvalue weighted by Crippen LogP contribution is -2.40. The number of alkyl halides is 3. The zero-order chi connectivity index (χ0) is 28.9. The molecule has 1 aromatic heterocycles. The summed E-state index contributed by atoms with van der Waals surface area (Å²) in [6.07, 6.45) is -9.11. The lowest BCUT2D eigenvalue weighted by atomic mass is 10.1. The second-order valence-electron chi connectivity index (χ2n) is 8.50. The molecule has 15 heteroatoms. The van der Waals surface area contributed by atoms with Crippen molar-refractivity contribution in [1.29, 1.82) is 0 Å². The Labute approximate surface area is 220 Å². The Morgan fingerprint density at radius 2 is 1.56 bits per heavy atom. The fraction of sp³-hybridized carbons (Fsp3) is 0.500. The van der Waals surface area contributed by atoms with Gasteiger partial charge in [-0.1, -0.05) is 12.1 Å². The van der Waals surface area contributed by atoms with E-state index in [1.54, 1.807) is 0 Å². The quantitative estimate of drug-likeness (QED) is 0.330. The lowest BCUT2D eigenvalue weighted by Gasteiger charge is -2.23. The predicted molar refractivity (Wildman–Crippen MR) is 122 cm³/mol. The molecule has 0 bridgehead atoms. The average Bonchev–Trinajstić information content (AvgIpc) is 3.41. The highest BCUT2D eigenvalue weighted by Crippen LogP contribution is 2.35. The van der Waals surface area contributed by atoms with Gasteiger partial charge in [-0.3, -0.25) is 14.4 Å². The summed E-state index contributed by atoms with van der Waals surface area (Å²) in [7, 11) is 1.12. The molecule has 2 aromatic rings. The minimum atomic E-state index is -4.49. The molecule has 0 radical (unpaired) electrons. The molecular weight excluding hydrogens is 531 g/mol. The number of hydrogen-bond acceptors (Lipinski definition) is 11. The molecule has 1 aromatic carbocycles. The van der Waals surface area contributed by atoms with E-state index in [9.17, 15) is 32.3 Å². The molecule has 0 N–H and O–H groups in total. The first-order valence-corrected chi connectivity index (χ1v) is 11.6.